The van der Waals surface area contributed by atoms with E-state index in [2.05, 4.69) is 10.3 Å². The number of nitrogens with one attached hydrogen (secondary N) is 1. The summed E-state index contributed by atoms with van der Waals surface area (Å²) in [5.74, 6) is -0.385. The van der Waals surface area contributed by atoms with Crippen LogP contribution >= 0.6 is 23.7 Å². The third-order valence-corrected chi connectivity index (χ3v) is 3.51. The van der Waals surface area contributed by atoms with Crippen LogP contribution in [0.5, 0.6) is 0 Å². The summed E-state index contributed by atoms with van der Waals surface area (Å²) in [6.45, 7) is 1.78. The van der Waals surface area contributed by atoms with Crippen LogP contribution in [0, 0.1) is 5.82 Å². The molecule has 1 unspecified atom stereocenters. The Bertz CT molecular complexity index is 586. The molecule has 21 heavy (non-hydrogen) atoms. The van der Waals surface area contributed by atoms with Crippen LogP contribution in [0.15, 0.2) is 30.5 Å². The lowest BCUT2D eigenvalue weighted by Crippen LogP contribution is -2.23. The summed E-state index contributed by atoms with van der Waals surface area (Å²) in [6.07, 6.45) is 2.66. The van der Waals surface area contributed by atoms with Crippen molar-refractivity contribution >= 4 is 34.8 Å². The van der Waals surface area contributed by atoms with Gasteiger partial charge in [-0.2, -0.15) is 0 Å². The largest absolute Gasteiger partial charge is 0.327 e. The summed E-state index contributed by atoms with van der Waals surface area (Å²) in [4.78, 5) is 16.7. The molecule has 1 aromatic carbocycles. The lowest BCUT2D eigenvalue weighted by atomic mass is 10.1. The SMILES string of the molecule is CC(N)CC(=O)Nc1ncc(Cc2ccc(F)cc2)s1.Cl. The number of carbonyl (C=O) groups is 1. The molecule has 0 spiro atoms. The van der Waals surface area contributed by atoms with Crippen LogP contribution in [-0.2, 0) is 11.2 Å². The second-order valence-electron chi connectivity index (χ2n) is 4.66. The number of anilines is 1. The lowest BCUT2D eigenvalue weighted by Gasteiger charge is -2.03. The van der Waals surface area contributed by atoms with Crippen LogP contribution in [0.3, 0.4) is 0 Å². The van der Waals surface area contributed by atoms with Crippen LogP contribution in [0.1, 0.15) is 23.8 Å². The van der Waals surface area contributed by atoms with Crippen LogP contribution in [0.25, 0.3) is 0 Å². The van der Waals surface area contributed by atoms with E-state index in [1.807, 2.05) is 0 Å². The van der Waals surface area contributed by atoms with Gasteiger partial charge in [0.05, 0.1) is 0 Å². The zero-order chi connectivity index (χ0) is 14.5. The average molecular weight is 330 g/mol. The molecule has 114 valence electrons. The summed E-state index contributed by atoms with van der Waals surface area (Å²) in [5.41, 5.74) is 6.56. The summed E-state index contributed by atoms with van der Waals surface area (Å²) >= 11 is 1.41. The maximum absolute atomic E-state index is 12.8. The van der Waals surface area contributed by atoms with Crippen molar-refractivity contribution in [2.45, 2.75) is 25.8 Å². The molecule has 1 aromatic heterocycles. The number of hydrogen-bond acceptors (Lipinski definition) is 4. The number of hydrogen-bond donors (Lipinski definition) is 2. The first kappa shape index (κ1) is 17.6. The fourth-order valence-corrected chi connectivity index (χ4v) is 2.58. The van der Waals surface area contributed by atoms with Gasteiger partial charge in [-0.1, -0.05) is 12.1 Å². The Labute approximate surface area is 133 Å². The summed E-state index contributed by atoms with van der Waals surface area (Å²) < 4.78 is 12.8. The molecule has 4 nitrogen and oxygen atoms in total. The molecule has 0 aliphatic carbocycles. The number of aromatic nitrogens is 1. The predicted octanol–water partition coefficient (Wildman–Crippen LogP) is 2.97. The first-order valence-electron chi connectivity index (χ1n) is 6.27. The zero-order valence-electron chi connectivity index (χ0n) is 11.5. The standard InChI is InChI=1S/C14H16FN3OS.ClH/c1-9(16)6-13(19)18-14-17-8-12(20-14)7-10-2-4-11(15)5-3-10;/h2-5,8-9H,6-7,16H2,1H3,(H,17,18,19);1H. The Morgan fingerprint density at radius 2 is 2.10 bits per heavy atom. The van der Waals surface area contributed by atoms with Gasteiger partial charge in [0.15, 0.2) is 5.13 Å². The zero-order valence-corrected chi connectivity index (χ0v) is 13.1. The van der Waals surface area contributed by atoms with E-state index in [4.69, 9.17) is 5.73 Å². The van der Waals surface area contributed by atoms with Crippen molar-refractivity contribution in [1.29, 1.82) is 0 Å². The van der Waals surface area contributed by atoms with Gasteiger partial charge in [0.2, 0.25) is 5.91 Å². The van der Waals surface area contributed by atoms with Crippen LogP contribution in [0.4, 0.5) is 9.52 Å². The van der Waals surface area contributed by atoms with E-state index < -0.39 is 0 Å². The Hall–Kier alpha value is -1.50. The van der Waals surface area contributed by atoms with Gasteiger partial charge in [0.1, 0.15) is 5.82 Å². The van der Waals surface area contributed by atoms with Gasteiger partial charge in [-0.15, -0.1) is 23.7 Å². The number of benzene rings is 1. The second-order valence-corrected chi connectivity index (χ2v) is 5.78. The van der Waals surface area contributed by atoms with E-state index in [0.717, 1.165) is 10.4 Å². The molecule has 1 heterocycles. The molecule has 1 amide bonds. The molecule has 1 atom stereocenters. The molecule has 0 aliphatic heterocycles. The smallest absolute Gasteiger partial charge is 0.227 e. The Balaban J connectivity index is 0.00000220. The number of halogens is 2. The molecule has 3 N–H and O–H groups in total. The van der Waals surface area contributed by atoms with Crippen molar-refractivity contribution in [3.05, 3.63) is 46.7 Å². The molecule has 7 heteroatoms. The normalized spacial score (nSPS) is 11.6. The van der Waals surface area contributed by atoms with Crippen molar-refractivity contribution in [2.75, 3.05) is 5.32 Å². The van der Waals surface area contributed by atoms with Crippen LogP contribution < -0.4 is 11.1 Å². The Kier molecular flexibility index (Phi) is 6.74. The first-order chi connectivity index (χ1) is 9.52. The molecular weight excluding hydrogens is 313 g/mol. The fraction of sp³-hybridized carbons (Fsp3) is 0.286. The molecule has 0 radical (unpaired) electrons. The highest BCUT2D eigenvalue weighted by atomic mass is 35.5. The van der Waals surface area contributed by atoms with Crippen LogP contribution in [0.2, 0.25) is 0 Å². The topological polar surface area (TPSA) is 68.0 Å². The predicted molar refractivity (Wildman–Crippen MR) is 85.5 cm³/mol. The Morgan fingerprint density at radius 3 is 2.71 bits per heavy atom. The summed E-state index contributed by atoms with van der Waals surface area (Å²) in [6, 6.07) is 6.17. The first-order valence-corrected chi connectivity index (χ1v) is 7.09. The van der Waals surface area contributed by atoms with Gasteiger partial charge >= 0.3 is 0 Å². The minimum atomic E-state index is -0.248. The Morgan fingerprint density at radius 1 is 1.43 bits per heavy atom. The quantitative estimate of drug-likeness (QED) is 0.886. The number of nitrogens with zero attached hydrogens (tertiary/aromatic N) is 1. The minimum Gasteiger partial charge on any atom is -0.327 e. The number of rotatable bonds is 5. The number of nitrogens with two attached hydrogens (primary N) is 1. The van der Waals surface area contributed by atoms with Crippen LogP contribution in [-0.4, -0.2) is 16.9 Å². The minimum absolute atomic E-state index is 0. The van der Waals surface area contributed by atoms with Gasteiger partial charge in [0, 0.05) is 30.0 Å². The highest BCUT2D eigenvalue weighted by molar-refractivity contribution is 7.15. The van der Waals surface area contributed by atoms with E-state index in [1.54, 1.807) is 25.3 Å². The lowest BCUT2D eigenvalue weighted by molar-refractivity contribution is -0.116. The fourth-order valence-electron chi connectivity index (χ4n) is 1.71. The average Bonchev–Trinajstić information content (AvgIpc) is 2.78. The van der Waals surface area contributed by atoms with Crippen molar-refractivity contribution < 1.29 is 9.18 Å². The summed E-state index contributed by atoms with van der Waals surface area (Å²) in [5, 5.41) is 3.28. The molecule has 0 bridgehead atoms. The molecule has 0 aliphatic rings. The van der Waals surface area contributed by atoms with Gasteiger partial charge in [-0.05, 0) is 24.6 Å². The molecule has 0 saturated heterocycles. The highest BCUT2D eigenvalue weighted by Gasteiger charge is 2.09. The molecule has 2 aromatic rings. The second kappa shape index (κ2) is 8.07. The monoisotopic (exact) mass is 329 g/mol. The van der Waals surface area contributed by atoms with E-state index in [-0.39, 0.29) is 36.6 Å². The third-order valence-electron chi connectivity index (χ3n) is 2.60. The van der Waals surface area contributed by atoms with Gasteiger partial charge in [-0.3, -0.25) is 4.79 Å². The van der Waals surface area contributed by atoms with E-state index >= 15 is 0 Å². The number of thiazole rings is 1. The van der Waals surface area contributed by atoms with E-state index in [1.165, 1.54) is 23.5 Å². The highest BCUT2D eigenvalue weighted by Crippen LogP contribution is 2.21. The molecule has 2 rings (SSSR count). The molecule has 0 fully saturated rings. The van der Waals surface area contributed by atoms with Gasteiger partial charge in [0.25, 0.3) is 0 Å². The molecule has 0 saturated carbocycles. The number of carbonyl (C=O) groups excluding carboxylic acids is 1. The van der Waals surface area contributed by atoms with Crippen molar-refractivity contribution in [1.82, 2.24) is 4.98 Å². The summed E-state index contributed by atoms with van der Waals surface area (Å²) in [7, 11) is 0. The van der Waals surface area contributed by atoms with Crippen molar-refractivity contribution in [3.8, 4) is 0 Å². The van der Waals surface area contributed by atoms with E-state index in [9.17, 15) is 9.18 Å². The third kappa shape index (κ3) is 5.79. The van der Waals surface area contributed by atoms with Gasteiger partial charge in [-0.25, -0.2) is 9.37 Å². The molecular formula is C14H17ClFN3OS. The maximum atomic E-state index is 12.8. The van der Waals surface area contributed by atoms with Gasteiger partial charge < -0.3 is 11.1 Å². The number of amides is 1. The maximum Gasteiger partial charge on any atom is 0.227 e. The van der Waals surface area contributed by atoms with Crippen molar-refractivity contribution in [3.63, 3.8) is 0 Å². The van der Waals surface area contributed by atoms with E-state index in [0.29, 0.717) is 11.6 Å². The van der Waals surface area contributed by atoms with Crippen molar-refractivity contribution in [2.24, 2.45) is 5.73 Å².